The van der Waals surface area contributed by atoms with Crippen LogP contribution in [0.5, 0.6) is 5.75 Å². The van der Waals surface area contributed by atoms with E-state index in [1.807, 2.05) is 7.05 Å². The van der Waals surface area contributed by atoms with Gasteiger partial charge in [0.15, 0.2) is 0 Å². The number of ether oxygens (including phenoxy) is 1. The van der Waals surface area contributed by atoms with E-state index in [0.29, 0.717) is 39.3 Å². The molecule has 33 heavy (non-hydrogen) atoms. The second-order valence-electron chi connectivity index (χ2n) is 7.16. The quantitative estimate of drug-likeness (QED) is 0.219. The van der Waals surface area contributed by atoms with Gasteiger partial charge >= 0.3 is 6.61 Å². The summed E-state index contributed by atoms with van der Waals surface area (Å²) in [5.41, 5.74) is 1.62. The second kappa shape index (κ2) is 11.9. The van der Waals surface area contributed by atoms with Gasteiger partial charge in [-0.3, -0.25) is 0 Å². The number of hydrogen-bond donors (Lipinski definition) is 5. The Morgan fingerprint density at radius 1 is 1.27 bits per heavy atom. The first-order valence-corrected chi connectivity index (χ1v) is 11.8. The van der Waals surface area contributed by atoms with Crippen LogP contribution in [0, 0.1) is 5.82 Å². The minimum atomic E-state index is -2.93. The van der Waals surface area contributed by atoms with Crippen molar-refractivity contribution in [3.8, 4) is 5.75 Å². The summed E-state index contributed by atoms with van der Waals surface area (Å²) in [6.07, 6.45) is 0.902. The smallest absolute Gasteiger partial charge is 0.387 e. The minimum absolute atomic E-state index is 0.0474. The molecule has 1 aliphatic rings. The molecule has 1 atom stereocenters. The van der Waals surface area contributed by atoms with E-state index in [9.17, 15) is 13.2 Å². The van der Waals surface area contributed by atoms with Gasteiger partial charge < -0.3 is 30.3 Å². The van der Waals surface area contributed by atoms with Crippen LogP contribution in [0.1, 0.15) is 6.42 Å². The average Bonchev–Trinajstić information content (AvgIpc) is 3.27. The molecule has 2 aromatic carbocycles. The molecule has 0 spiro atoms. The van der Waals surface area contributed by atoms with Gasteiger partial charge in [-0.25, -0.2) is 4.39 Å². The molecule has 0 aliphatic carbocycles. The van der Waals surface area contributed by atoms with Crippen LogP contribution in [0.4, 0.5) is 30.2 Å². The molecule has 4 N–H and O–H groups in total. The minimum Gasteiger partial charge on any atom is -0.435 e. The van der Waals surface area contributed by atoms with Crippen LogP contribution in [0.25, 0.3) is 0 Å². The summed E-state index contributed by atoms with van der Waals surface area (Å²) in [6, 6.07) is 7.68. The van der Waals surface area contributed by atoms with Gasteiger partial charge in [0.05, 0.1) is 27.0 Å². The maximum atomic E-state index is 14.8. The van der Waals surface area contributed by atoms with Crippen molar-refractivity contribution in [2.24, 2.45) is 0 Å². The third kappa shape index (κ3) is 6.72. The number of rotatable bonds is 10. The first-order valence-electron chi connectivity index (χ1n) is 10.1. The lowest BCUT2D eigenvalue weighted by Gasteiger charge is -2.24. The molecule has 0 bridgehead atoms. The summed E-state index contributed by atoms with van der Waals surface area (Å²) >= 11 is 11.5. The molecule has 3 rings (SSSR count). The Morgan fingerprint density at radius 3 is 2.70 bits per heavy atom. The predicted molar refractivity (Wildman–Crippen MR) is 133 cm³/mol. The summed E-state index contributed by atoms with van der Waals surface area (Å²) < 4.78 is 47.8. The van der Waals surface area contributed by atoms with Crippen LogP contribution < -0.4 is 30.3 Å². The standard InChI is InChI=1S/C21H25ClF3N5OS2/c1-26-12-5-6-30(10-12)18-7-13(31-21(24)25)3-4-16(18)28-17-9-15(23)19(8-14(17)22)33-29-20(11-32)27-2/h3-4,7-9,11-12,21,26-29,32H,5-6,10H2,1-2H3/b20-11+. The van der Waals surface area contributed by atoms with E-state index >= 15 is 0 Å². The Kier molecular flexibility index (Phi) is 9.19. The van der Waals surface area contributed by atoms with Gasteiger partial charge in [0.2, 0.25) is 0 Å². The van der Waals surface area contributed by atoms with Gasteiger partial charge in [0.1, 0.15) is 17.4 Å². The summed E-state index contributed by atoms with van der Waals surface area (Å²) in [7, 11) is 3.59. The fourth-order valence-electron chi connectivity index (χ4n) is 3.37. The van der Waals surface area contributed by atoms with E-state index in [2.05, 4.69) is 42.9 Å². The van der Waals surface area contributed by atoms with Gasteiger partial charge in [-0.15, -0.1) is 12.6 Å². The first-order chi connectivity index (χ1) is 15.8. The third-order valence-electron chi connectivity index (χ3n) is 5.09. The van der Waals surface area contributed by atoms with Crippen molar-refractivity contribution in [1.82, 2.24) is 15.4 Å². The van der Waals surface area contributed by atoms with Gasteiger partial charge in [0.25, 0.3) is 0 Å². The first kappa shape index (κ1) is 25.5. The van der Waals surface area contributed by atoms with Crippen molar-refractivity contribution >= 4 is 53.2 Å². The average molecular weight is 520 g/mol. The Bertz CT molecular complexity index is 999. The van der Waals surface area contributed by atoms with Crippen molar-refractivity contribution in [2.75, 3.05) is 37.4 Å². The second-order valence-corrected chi connectivity index (χ2v) is 8.68. The number of halogens is 4. The summed E-state index contributed by atoms with van der Waals surface area (Å²) in [6.45, 7) is -1.50. The molecule has 0 amide bonds. The molecule has 1 saturated heterocycles. The fourth-order valence-corrected chi connectivity index (χ4v) is 4.64. The number of thiol groups is 1. The molecule has 0 saturated carbocycles. The maximum Gasteiger partial charge on any atom is 0.387 e. The summed E-state index contributed by atoms with van der Waals surface area (Å²) in [5.74, 6) is 0.165. The monoisotopic (exact) mass is 519 g/mol. The van der Waals surface area contributed by atoms with Crippen LogP contribution in [0.15, 0.2) is 46.5 Å². The van der Waals surface area contributed by atoms with Crippen molar-refractivity contribution in [1.29, 1.82) is 0 Å². The van der Waals surface area contributed by atoms with Crippen LogP contribution in [0.2, 0.25) is 5.02 Å². The molecule has 1 fully saturated rings. The molecule has 2 aromatic rings. The van der Waals surface area contributed by atoms with Crippen LogP contribution in [-0.2, 0) is 0 Å². The van der Waals surface area contributed by atoms with E-state index in [1.54, 1.807) is 19.2 Å². The van der Waals surface area contributed by atoms with Crippen LogP contribution in [0.3, 0.4) is 0 Å². The third-order valence-corrected chi connectivity index (χ3v) is 6.52. The molecule has 1 unspecified atom stereocenters. The highest BCUT2D eigenvalue weighted by Gasteiger charge is 2.24. The summed E-state index contributed by atoms with van der Waals surface area (Å²) in [4.78, 5) is 2.36. The number of nitrogens with zero attached hydrogens (tertiary/aromatic N) is 1. The Hall–Kier alpha value is -2.08. The number of likely N-dealkylation sites (N-methyl/N-ethyl adjacent to an activating group) is 1. The largest absolute Gasteiger partial charge is 0.435 e. The number of anilines is 3. The van der Waals surface area contributed by atoms with Crippen molar-refractivity contribution < 1.29 is 17.9 Å². The topological polar surface area (TPSA) is 60.6 Å². The molecular formula is C21H25ClF3N5OS2. The molecule has 6 nitrogen and oxygen atoms in total. The number of nitrogens with one attached hydrogen (secondary N) is 4. The zero-order valence-corrected chi connectivity index (χ0v) is 20.4. The zero-order chi connectivity index (χ0) is 24.0. The molecule has 0 aromatic heterocycles. The van der Waals surface area contributed by atoms with Gasteiger partial charge in [0, 0.05) is 43.7 Å². The molecule has 0 radical (unpaired) electrons. The van der Waals surface area contributed by atoms with E-state index < -0.39 is 12.4 Å². The zero-order valence-electron chi connectivity index (χ0n) is 18.0. The van der Waals surface area contributed by atoms with Crippen molar-refractivity contribution in [3.05, 3.63) is 52.4 Å². The number of benzene rings is 2. The van der Waals surface area contributed by atoms with Crippen LogP contribution >= 0.6 is 36.2 Å². The normalized spacial score (nSPS) is 16.3. The highest BCUT2D eigenvalue weighted by Crippen LogP contribution is 2.38. The lowest BCUT2D eigenvalue weighted by atomic mass is 10.2. The van der Waals surface area contributed by atoms with Gasteiger partial charge in [-0.1, -0.05) is 11.6 Å². The summed E-state index contributed by atoms with van der Waals surface area (Å²) in [5, 5.41) is 11.1. The lowest BCUT2D eigenvalue weighted by Crippen LogP contribution is -2.29. The highest BCUT2D eigenvalue weighted by atomic mass is 35.5. The number of hydrogen-bond acceptors (Lipinski definition) is 8. The lowest BCUT2D eigenvalue weighted by molar-refractivity contribution is -0.0498. The molecule has 12 heteroatoms. The fraction of sp³-hybridized carbons (Fsp3) is 0.333. The maximum absolute atomic E-state index is 14.8. The molecule has 1 heterocycles. The van der Waals surface area contributed by atoms with Crippen molar-refractivity contribution in [2.45, 2.75) is 24.0 Å². The molecular weight excluding hydrogens is 495 g/mol. The predicted octanol–water partition coefficient (Wildman–Crippen LogP) is 5.17. The SMILES string of the molecule is CN/C(=C\S)NSc1cc(Cl)c(Nc2ccc(OC(F)F)cc2N2CCC(NC)C2)cc1F. The Morgan fingerprint density at radius 2 is 2.06 bits per heavy atom. The Labute approximate surface area is 205 Å². The van der Waals surface area contributed by atoms with Gasteiger partial charge in [-0.05, 0) is 43.6 Å². The van der Waals surface area contributed by atoms with E-state index in [4.69, 9.17) is 11.6 Å². The van der Waals surface area contributed by atoms with E-state index in [1.165, 1.54) is 23.6 Å². The van der Waals surface area contributed by atoms with Crippen molar-refractivity contribution in [3.63, 3.8) is 0 Å². The number of alkyl halides is 2. The molecule has 1 aliphatic heterocycles. The van der Waals surface area contributed by atoms with E-state index in [-0.39, 0.29) is 11.8 Å². The highest BCUT2D eigenvalue weighted by molar-refractivity contribution is 7.97. The Balaban J connectivity index is 1.86. The van der Waals surface area contributed by atoms with Gasteiger partial charge in [-0.2, -0.15) is 8.78 Å². The molecule has 180 valence electrons. The van der Waals surface area contributed by atoms with Crippen LogP contribution in [-0.4, -0.2) is 39.8 Å². The van der Waals surface area contributed by atoms with E-state index in [0.717, 1.165) is 24.9 Å².